The van der Waals surface area contributed by atoms with Gasteiger partial charge in [0, 0.05) is 12.5 Å². The maximum atomic E-state index is 5.52. The zero-order valence-corrected chi connectivity index (χ0v) is 10.7. The lowest BCUT2D eigenvalue weighted by atomic mass is 9.76. The summed E-state index contributed by atoms with van der Waals surface area (Å²) in [5, 5.41) is 3.63. The fourth-order valence-corrected chi connectivity index (χ4v) is 3.06. The molecule has 1 aliphatic heterocycles. The van der Waals surface area contributed by atoms with Crippen molar-refractivity contribution in [1.29, 1.82) is 0 Å². The summed E-state index contributed by atoms with van der Waals surface area (Å²) in [5.41, 5.74) is 1.61. The van der Waals surface area contributed by atoms with Gasteiger partial charge in [0.2, 0.25) is 0 Å². The second-order valence-electron chi connectivity index (χ2n) is 5.46. The lowest BCUT2D eigenvalue weighted by Gasteiger charge is -2.30. The Morgan fingerprint density at radius 2 is 2.06 bits per heavy atom. The maximum absolute atomic E-state index is 5.52. The van der Waals surface area contributed by atoms with Crippen molar-refractivity contribution in [2.24, 2.45) is 5.41 Å². The molecule has 1 aromatic heterocycles. The van der Waals surface area contributed by atoms with Gasteiger partial charge in [0.15, 0.2) is 0 Å². The molecule has 1 aromatic carbocycles. The zero-order valence-electron chi connectivity index (χ0n) is 10.7. The minimum Gasteiger partial charge on any atom is -0.469 e. The first kappa shape index (κ1) is 11.5. The molecule has 2 atom stereocenters. The molecular formula is C16H19NO. The van der Waals surface area contributed by atoms with Crippen LogP contribution in [0.25, 0.3) is 0 Å². The van der Waals surface area contributed by atoms with Crippen LogP contribution in [0.15, 0.2) is 53.1 Å². The van der Waals surface area contributed by atoms with E-state index in [4.69, 9.17) is 4.42 Å². The molecule has 94 valence electrons. The first-order chi connectivity index (χ1) is 8.78. The Morgan fingerprint density at radius 3 is 2.78 bits per heavy atom. The molecule has 2 unspecified atom stereocenters. The Hall–Kier alpha value is -1.54. The van der Waals surface area contributed by atoms with Crippen LogP contribution in [-0.2, 0) is 6.42 Å². The van der Waals surface area contributed by atoms with Crippen molar-refractivity contribution in [3.63, 3.8) is 0 Å². The Kier molecular flexibility index (Phi) is 2.96. The number of furan rings is 1. The van der Waals surface area contributed by atoms with Crippen LogP contribution < -0.4 is 5.32 Å². The molecule has 1 aliphatic rings. The predicted molar refractivity (Wildman–Crippen MR) is 72.3 cm³/mol. The summed E-state index contributed by atoms with van der Waals surface area (Å²) in [6.45, 7) is 3.43. The summed E-state index contributed by atoms with van der Waals surface area (Å²) in [6, 6.07) is 15.2. The van der Waals surface area contributed by atoms with Gasteiger partial charge >= 0.3 is 0 Å². The molecule has 0 aliphatic carbocycles. The van der Waals surface area contributed by atoms with E-state index in [0.29, 0.717) is 6.04 Å². The van der Waals surface area contributed by atoms with Crippen molar-refractivity contribution >= 4 is 0 Å². The summed E-state index contributed by atoms with van der Waals surface area (Å²) in [5.74, 6) is 1.09. The minimum absolute atomic E-state index is 0.235. The standard InChI is InChI=1S/C16H19NO/c1-16(12-14-8-5-11-18-14)9-10-17-15(16)13-6-3-2-4-7-13/h2-8,11,15,17H,9-10,12H2,1H3. The van der Waals surface area contributed by atoms with E-state index in [9.17, 15) is 0 Å². The van der Waals surface area contributed by atoms with Crippen LogP contribution in [0.5, 0.6) is 0 Å². The SMILES string of the molecule is CC1(Cc2ccco2)CCNC1c1ccccc1. The Balaban J connectivity index is 1.86. The third-order valence-electron chi connectivity index (χ3n) is 4.03. The van der Waals surface area contributed by atoms with Crippen LogP contribution in [0.2, 0.25) is 0 Å². The molecule has 0 amide bonds. The highest BCUT2D eigenvalue weighted by Gasteiger charge is 2.39. The molecule has 0 saturated carbocycles. The Morgan fingerprint density at radius 1 is 1.22 bits per heavy atom. The first-order valence-electron chi connectivity index (χ1n) is 6.59. The van der Waals surface area contributed by atoms with Gasteiger partial charge in [-0.15, -0.1) is 0 Å². The van der Waals surface area contributed by atoms with Crippen molar-refractivity contribution in [1.82, 2.24) is 5.32 Å². The average molecular weight is 241 g/mol. The van der Waals surface area contributed by atoms with Crippen molar-refractivity contribution in [2.75, 3.05) is 6.54 Å². The fraction of sp³-hybridized carbons (Fsp3) is 0.375. The summed E-state index contributed by atoms with van der Waals surface area (Å²) < 4.78 is 5.52. The second kappa shape index (κ2) is 4.62. The zero-order chi connectivity index (χ0) is 12.4. The van der Waals surface area contributed by atoms with Gasteiger partial charge in [0.05, 0.1) is 6.26 Å². The molecule has 2 aromatic rings. The number of hydrogen-bond acceptors (Lipinski definition) is 2. The van der Waals surface area contributed by atoms with Gasteiger partial charge in [-0.25, -0.2) is 0 Å². The number of rotatable bonds is 3. The summed E-state index contributed by atoms with van der Waals surface area (Å²) >= 11 is 0. The molecule has 2 heterocycles. The Labute approximate surface area is 108 Å². The summed E-state index contributed by atoms with van der Waals surface area (Å²) in [6.07, 6.45) is 3.94. The van der Waals surface area contributed by atoms with E-state index >= 15 is 0 Å². The monoisotopic (exact) mass is 241 g/mol. The highest BCUT2D eigenvalue weighted by Crippen LogP contribution is 2.43. The topological polar surface area (TPSA) is 25.2 Å². The molecule has 0 spiro atoms. The average Bonchev–Trinajstić information content (AvgIpc) is 3.00. The molecule has 18 heavy (non-hydrogen) atoms. The van der Waals surface area contributed by atoms with E-state index in [-0.39, 0.29) is 5.41 Å². The molecule has 1 N–H and O–H groups in total. The molecule has 3 rings (SSSR count). The normalized spacial score (nSPS) is 27.5. The van der Waals surface area contributed by atoms with Gasteiger partial charge in [-0.2, -0.15) is 0 Å². The van der Waals surface area contributed by atoms with Gasteiger partial charge in [-0.05, 0) is 36.1 Å². The van der Waals surface area contributed by atoms with Gasteiger partial charge in [-0.3, -0.25) is 0 Å². The van der Waals surface area contributed by atoms with E-state index in [0.717, 1.165) is 18.7 Å². The number of nitrogens with one attached hydrogen (secondary N) is 1. The molecule has 0 radical (unpaired) electrons. The van der Waals surface area contributed by atoms with Gasteiger partial charge in [-0.1, -0.05) is 37.3 Å². The highest BCUT2D eigenvalue weighted by atomic mass is 16.3. The van der Waals surface area contributed by atoms with Crippen molar-refractivity contribution in [3.8, 4) is 0 Å². The second-order valence-corrected chi connectivity index (χ2v) is 5.46. The van der Waals surface area contributed by atoms with E-state index in [1.807, 2.05) is 6.07 Å². The first-order valence-corrected chi connectivity index (χ1v) is 6.59. The van der Waals surface area contributed by atoms with Crippen molar-refractivity contribution < 1.29 is 4.42 Å². The van der Waals surface area contributed by atoms with Gasteiger partial charge in [0.25, 0.3) is 0 Å². The van der Waals surface area contributed by atoms with Gasteiger partial charge in [0.1, 0.15) is 5.76 Å². The largest absolute Gasteiger partial charge is 0.469 e. The van der Waals surface area contributed by atoms with Crippen LogP contribution in [-0.4, -0.2) is 6.54 Å². The molecular weight excluding hydrogens is 222 g/mol. The van der Waals surface area contributed by atoms with E-state index in [2.05, 4.69) is 48.6 Å². The van der Waals surface area contributed by atoms with Crippen LogP contribution >= 0.6 is 0 Å². The minimum atomic E-state index is 0.235. The van der Waals surface area contributed by atoms with Crippen LogP contribution in [0.3, 0.4) is 0 Å². The Bertz CT molecular complexity index is 491. The lowest BCUT2D eigenvalue weighted by Crippen LogP contribution is -2.28. The molecule has 1 saturated heterocycles. The summed E-state index contributed by atoms with van der Waals surface area (Å²) in [4.78, 5) is 0. The van der Waals surface area contributed by atoms with Crippen molar-refractivity contribution in [3.05, 3.63) is 60.1 Å². The smallest absolute Gasteiger partial charge is 0.104 e. The predicted octanol–water partition coefficient (Wildman–Crippen LogP) is 3.56. The molecule has 2 heteroatoms. The third-order valence-corrected chi connectivity index (χ3v) is 4.03. The van der Waals surface area contributed by atoms with Crippen molar-refractivity contribution in [2.45, 2.75) is 25.8 Å². The number of hydrogen-bond donors (Lipinski definition) is 1. The van der Waals surface area contributed by atoms with E-state index < -0.39 is 0 Å². The third kappa shape index (κ3) is 2.08. The molecule has 0 bridgehead atoms. The summed E-state index contributed by atoms with van der Waals surface area (Å²) in [7, 11) is 0. The fourth-order valence-electron chi connectivity index (χ4n) is 3.06. The van der Waals surface area contributed by atoms with Gasteiger partial charge < -0.3 is 9.73 Å². The quantitative estimate of drug-likeness (QED) is 0.888. The lowest BCUT2D eigenvalue weighted by molar-refractivity contribution is 0.260. The van der Waals surface area contributed by atoms with E-state index in [1.54, 1.807) is 6.26 Å². The van der Waals surface area contributed by atoms with Crippen LogP contribution in [0.1, 0.15) is 30.7 Å². The van der Waals surface area contributed by atoms with Crippen LogP contribution in [0.4, 0.5) is 0 Å². The highest BCUT2D eigenvalue weighted by molar-refractivity contribution is 5.23. The molecule has 1 fully saturated rings. The number of benzene rings is 1. The molecule has 2 nitrogen and oxygen atoms in total. The van der Waals surface area contributed by atoms with Crippen LogP contribution in [0, 0.1) is 5.41 Å². The van der Waals surface area contributed by atoms with E-state index in [1.165, 1.54) is 12.0 Å². The maximum Gasteiger partial charge on any atom is 0.104 e.